The van der Waals surface area contributed by atoms with Crippen LogP contribution >= 0.6 is 0 Å². The Morgan fingerprint density at radius 2 is 0.912 bits per heavy atom. The van der Waals surface area contributed by atoms with Crippen LogP contribution in [0.2, 0.25) is 0 Å². The van der Waals surface area contributed by atoms with Gasteiger partial charge in [-0.2, -0.15) is 18.2 Å². The smallest absolute Gasteiger partial charge is 0.268 e. The van der Waals surface area contributed by atoms with Crippen molar-refractivity contribution < 1.29 is 89.3 Å². The number of para-hydroxylation sites is 2. The second-order valence-electron chi connectivity index (χ2n) is 23.8. The molecule has 0 aliphatic carbocycles. The number of hydrogen-bond donors (Lipinski definition) is 0. The van der Waals surface area contributed by atoms with Gasteiger partial charge in [-0.1, -0.05) is 323 Å². The largest absolute Gasteiger partial charge is 0.510 e. The fraction of sp³-hybridized carbons (Fsp3) is 0.0426. The third-order valence-corrected chi connectivity index (χ3v) is 25.5. The van der Waals surface area contributed by atoms with E-state index in [9.17, 15) is 46.6 Å². The van der Waals surface area contributed by atoms with Crippen molar-refractivity contribution >= 4 is 90.5 Å². The van der Waals surface area contributed by atoms with Crippen LogP contribution < -0.4 is 50.8 Å². The van der Waals surface area contributed by atoms with Gasteiger partial charge in [-0.3, -0.25) is 4.57 Å². The molecule has 17 aromatic rings. The van der Waals surface area contributed by atoms with Gasteiger partial charge < -0.3 is 13.9 Å². The monoisotopic (exact) mass is 1560 g/mol. The standard InChI is InChI=1S/C94H70N4OSi2.Pt/c1-94(2,3)73-58-59-95-92(63-73)98-87-52-29-28-50-85(87)86-56-54-76(65-89(86)98)99-75-37-30-36-74(64-75)96-67-97(88-57-55-83(66-90(88)96)100(77-38-16-6-17-39-77,78-40-18-7-19-41-78)79-42-20-8-21-43-79)93-84(72-61-70(68-32-12-4-13-33-68)60-71(62-72)69-34-14-5-15-35-69)51-31-53-91(93)101(80-44-22-9-23-45-80,81-46-24-10-25-47-81)82-48-26-11-27-49-82;/h4-63,66H,1-3H3;/q-2;/i4D,5D,6D,7D,8D,9D,10D,11D,12D,13D,14D,15D,16D,17D,18D,19D,20D,21D,22D,23D,24D,25D,26D,27D,32D,33D,34D,35D,38D,39D,40D,41D,42D,43D,44D,45D,46D,47D,48D,49D,60D,61D,62D;. The van der Waals surface area contributed by atoms with E-state index in [4.69, 9.17) is 22.1 Å². The van der Waals surface area contributed by atoms with Crippen molar-refractivity contribution in [3.8, 4) is 62.1 Å². The summed E-state index contributed by atoms with van der Waals surface area (Å²) in [4.78, 5) is 4.81. The van der Waals surface area contributed by atoms with Gasteiger partial charge in [-0.15, -0.1) is 29.7 Å². The average Bonchev–Trinajstić information content (AvgIpc) is 1.62. The van der Waals surface area contributed by atoms with Gasteiger partial charge in [0, 0.05) is 44.3 Å². The minimum Gasteiger partial charge on any atom is -0.510 e. The van der Waals surface area contributed by atoms with Gasteiger partial charge in [-0.05, 0) is 133 Å². The fourth-order valence-electron chi connectivity index (χ4n) is 12.7. The number of aromatic nitrogens is 4. The van der Waals surface area contributed by atoms with E-state index in [2.05, 4.69) is 18.5 Å². The van der Waals surface area contributed by atoms with E-state index in [1.165, 1.54) is 18.2 Å². The van der Waals surface area contributed by atoms with E-state index in [0.29, 0.717) is 22.2 Å². The number of hydrogen-bond acceptors (Lipinski definition) is 2. The molecule has 0 saturated carbocycles. The van der Waals surface area contributed by atoms with Crippen LogP contribution in [0.1, 0.15) is 85.3 Å². The number of nitrogens with zero attached hydrogens (tertiary/aromatic N) is 4. The number of rotatable bonds is 16. The summed E-state index contributed by atoms with van der Waals surface area (Å²) in [6.07, 6.45) is 4.84. The second-order valence-corrected chi connectivity index (χ2v) is 30.9. The molecule has 102 heavy (non-hydrogen) atoms. The van der Waals surface area contributed by atoms with Gasteiger partial charge in [0.25, 0.3) is 6.33 Å². The number of pyridine rings is 1. The Bertz CT molecular complexity index is 7950. The zero-order chi connectivity index (χ0) is 105. The summed E-state index contributed by atoms with van der Waals surface area (Å²) in [5.74, 6) is 0.166. The van der Waals surface area contributed by atoms with Crippen molar-refractivity contribution in [1.29, 1.82) is 0 Å². The van der Waals surface area contributed by atoms with Crippen LogP contribution in [0.15, 0.2) is 369 Å². The van der Waals surface area contributed by atoms with Crippen LogP contribution in [0.5, 0.6) is 11.5 Å². The first-order valence-corrected chi connectivity index (χ1v) is 35.1. The SMILES string of the molecule is [2H]c1c([2H])c([2H])c(-c2c([2H])c(-c3cccc([Si](c4c([2H])c([2H])c([2H])c([2H])c4[2H])(c4c([2H])c([2H])c([2H])c([2H])c4[2H])c4c([2H])c([2H])c([2H])c([2H])c4[2H])c3-[n+]3[c-]n(-c4[c-]c(Oc5[c-]c6c(cc5)c5ccccc5n6-c5cc(C(C)(C)C)ccn5)ccc4)c4cc([Si](c5c([2H])c([2H])c([2H])c([2H])c5[2H])(c5c([2H])c([2H])c([2H])c([2H])c5[2H])c5c([2H])c([2H])c([2H])c([2H])c5[2H])ccc43)c([2H])c(-c3c([2H])c([2H])c([2H])c([2H])c3[2H])c2[2H])c([2H])c1[2H].[Pt]. The van der Waals surface area contributed by atoms with Gasteiger partial charge in [0.05, 0.1) is 75.7 Å². The summed E-state index contributed by atoms with van der Waals surface area (Å²) in [6, 6.07) is -22.1. The Morgan fingerprint density at radius 3 is 1.45 bits per heavy atom. The molecule has 0 fully saturated rings. The van der Waals surface area contributed by atoms with Crippen molar-refractivity contribution in [3.63, 3.8) is 0 Å². The maximum Gasteiger partial charge on any atom is 0.268 e. The van der Waals surface area contributed by atoms with E-state index in [0.717, 1.165) is 56.5 Å². The molecule has 14 aromatic carbocycles. The molecule has 0 aliphatic heterocycles. The van der Waals surface area contributed by atoms with Crippen LogP contribution in [0, 0.1) is 18.5 Å². The minimum absolute atomic E-state index is 0. The molecule has 0 unspecified atom stereocenters. The summed E-state index contributed by atoms with van der Waals surface area (Å²) in [7, 11) is -13.3. The summed E-state index contributed by atoms with van der Waals surface area (Å²) in [5, 5.41) is -6.99. The Kier molecular flexibility index (Phi) is 8.85. The summed E-state index contributed by atoms with van der Waals surface area (Å²) < 4.78 is 428. The van der Waals surface area contributed by atoms with Crippen molar-refractivity contribution in [2.45, 2.75) is 26.2 Å². The molecule has 0 N–H and O–H groups in total. The molecule has 0 aliphatic rings. The number of imidazole rings is 1. The molecule has 3 heterocycles. The van der Waals surface area contributed by atoms with Crippen molar-refractivity contribution in [2.75, 3.05) is 0 Å². The molecule has 0 radical (unpaired) electrons. The van der Waals surface area contributed by atoms with Crippen LogP contribution in [0.4, 0.5) is 0 Å². The average molecular weight is 1570 g/mol. The van der Waals surface area contributed by atoms with E-state index in [1.54, 1.807) is 18.3 Å². The normalized spacial score (nSPS) is 17.7. The molecule has 5 nitrogen and oxygen atoms in total. The zero-order valence-electron chi connectivity index (χ0n) is 96.4. The Balaban J connectivity index is 0.0000151. The number of fused-ring (bicyclic) bond motifs is 4. The van der Waals surface area contributed by atoms with Gasteiger partial charge in [0.1, 0.15) is 5.82 Å². The van der Waals surface area contributed by atoms with E-state index in [1.807, 2.05) is 61.7 Å². The molecule has 0 saturated heterocycles. The minimum atomic E-state index is -6.90. The molecule has 0 bridgehead atoms. The zero-order valence-corrected chi connectivity index (χ0v) is 57.7. The predicted molar refractivity (Wildman–Crippen MR) is 422 cm³/mol. The van der Waals surface area contributed by atoms with Crippen molar-refractivity contribution in [2.24, 2.45) is 0 Å². The maximum atomic E-state index is 10.9. The summed E-state index contributed by atoms with van der Waals surface area (Å²) >= 11 is 0. The van der Waals surface area contributed by atoms with Crippen LogP contribution in [0.25, 0.3) is 83.4 Å². The van der Waals surface area contributed by atoms with Crippen LogP contribution in [-0.4, -0.2) is 30.3 Å². The van der Waals surface area contributed by atoms with E-state index >= 15 is 0 Å². The van der Waals surface area contributed by atoms with Gasteiger partial charge in [0.15, 0.2) is 16.1 Å². The topological polar surface area (TPSA) is 35.9 Å². The first-order chi connectivity index (χ1) is 67.6. The number of ether oxygens (including phenoxy) is 1. The molecule has 0 spiro atoms. The van der Waals surface area contributed by atoms with E-state index in [-0.39, 0.29) is 38.3 Å². The van der Waals surface area contributed by atoms with Crippen LogP contribution in [0.3, 0.4) is 0 Å². The second kappa shape index (κ2) is 27.5. The third-order valence-electron chi connectivity index (χ3n) is 17.1. The fourth-order valence-corrected chi connectivity index (χ4v) is 20.5. The Hall–Kier alpha value is -11.6. The van der Waals surface area contributed by atoms with Crippen molar-refractivity contribution in [3.05, 3.63) is 393 Å². The quantitative estimate of drug-likeness (QED) is 0.0418. The molecular weight excluding hydrogens is 1450 g/mol. The van der Waals surface area contributed by atoms with E-state index < -0.39 is 373 Å². The third kappa shape index (κ3) is 11.6. The molecule has 0 amide bonds. The molecular formula is C94H70N4OPtSi2-2. The van der Waals surface area contributed by atoms with Crippen LogP contribution in [-0.2, 0) is 26.5 Å². The van der Waals surface area contributed by atoms with Gasteiger partial charge in [-0.25, -0.2) is 4.98 Å². The molecule has 17 rings (SSSR count). The predicted octanol–water partition coefficient (Wildman–Crippen LogP) is 16.6. The molecule has 492 valence electrons. The summed E-state index contributed by atoms with van der Waals surface area (Å²) in [5.41, 5.74) is -7.26. The first kappa shape index (κ1) is 32.8. The van der Waals surface area contributed by atoms with Gasteiger partial charge >= 0.3 is 0 Å². The molecule has 0 atom stereocenters. The maximum absolute atomic E-state index is 10.9. The Labute approximate surface area is 673 Å². The summed E-state index contributed by atoms with van der Waals surface area (Å²) in [6.45, 7) is 6.06. The first-order valence-electron chi connectivity index (χ1n) is 52.6. The number of benzene rings is 14. The van der Waals surface area contributed by atoms with Gasteiger partial charge in [0.2, 0.25) is 0 Å². The Morgan fingerprint density at radius 1 is 0.422 bits per heavy atom. The molecule has 3 aromatic heterocycles. The van der Waals surface area contributed by atoms with Crippen molar-refractivity contribution in [1.82, 2.24) is 14.1 Å². The molecule has 8 heteroatoms.